The van der Waals surface area contributed by atoms with E-state index >= 15 is 0 Å². The second-order valence-electron chi connectivity index (χ2n) is 4.02. The van der Waals surface area contributed by atoms with Crippen LogP contribution in [0.15, 0.2) is 0 Å². The zero-order chi connectivity index (χ0) is 12.7. The second-order valence-corrected chi connectivity index (χ2v) is 4.02. The van der Waals surface area contributed by atoms with Gasteiger partial charge < -0.3 is 15.5 Å². The Labute approximate surface area is 97.6 Å². The van der Waals surface area contributed by atoms with Crippen molar-refractivity contribution in [3.63, 3.8) is 0 Å². The molecule has 0 aliphatic heterocycles. The van der Waals surface area contributed by atoms with Crippen LogP contribution in [0.25, 0.3) is 0 Å². The van der Waals surface area contributed by atoms with Crippen molar-refractivity contribution in [1.82, 2.24) is 15.5 Å². The van der Waals surface area contributed by atoms with Gasteiger partial charge in [-0.2, -0.15) is 0 Å². The number of nitrogens with zero attached hydrogens (tertiary/aromatic N) is 1. The van der Waals surface area contributed by atoms with Crippen molar-refractivity contribution in [2.24, 2.45) is 5.92 Å². The number of carbonyl (C=O) groups is 2. The van der Waals surface area contributed by atoms with E-state index in [4.69, 9.17) is 0 Å². The van der Waals surface area contributed by atoms with Crippen molar-refractivity contribution >= 4 is 11.8 Å². The molecule has 16 heavy (non-hydrogen) atoms. The van der Waals surface area contributed by atoms with Gasteiger partial charge in [0.05, 0.1) is 12.6 Å². The average Bonchev–Trinajstić information content (AvgIpc) is 2.28. The van der Waals surface area contributed by atoms with Crippen LogP contribution in [0.1, 0.15) is 20.3 Å². The van der Waals surface area contributed by atoms with Crippen LogP contribution >= 0.6 is 0 Å². The summed E-state index contributed by atoms with van der Waals surface area (Å²) in [6.45, 7) is 4.16. The molecule has 0 saturated heterocycles. The van der Waals surface area contributed by atoms with Crippen LogP contribution in [0.2, 0.25) is 0 Å². The lowest BCUT2D eigenvalue weighted by molar-refractivity contribution is -0.137. The fourth-order valence-electron chi connectivity index (χ4n) is 1.50. The van der Waals surface area contributed by atoms with Crippen molar-refractivity contribution in [1.29, 1.82) is 0 Å². The third kappa shape index (κ3) is 4.18. The Hall–Kier alpha value is -1.10. The van der Waals surface area contributed by atoms with Crippen LogP contribution in [-0.2, 0) is 9.59 Å². The quantitative estimate of drug-likeness (QED) is 0.664. The van der Waals surface area contributed by atoms with Crippen molar-refractivity contribution < 1.29 is 9.59 Å². The zero-order valence-electron chi connectivity index (χ0n) is 10.8. The van der Waals surface area contributed by atoms with Gasteiger partial charge in [0.2, 0.25) is 11.8 Å². The molecule has 2 unspecified atom stereocenters. The molecule has 0 saturated carbocycles. The summed E-state index contributed by atoms with van der Waals surface area (Å²) in [5.41, 5.74) is 0. The first-order valence-electron chi connectivity index (χ1n) is 5.60. The summed E-state index contributed by atoms with van der Waals surface area (Å²) < 4.78 is 0. The minimum Gasteiger partial charge on any atom is -0.358 e. The van der Waals surface area contributed by atoms with Gasteiger partial charge in [-0.3, -0.25) is 9.59 Å². The number of carbonyl (C=O) groups excluding carboxylic acids is 2. The first-order valence-corrected chi connectivity index (χ1v) is 5.60. The molecule has 2 N–H and O–H groups in total. The minimum absolute atomic E-state index is 0.0412. The molecule has 0 fully saturated rings. The van der Waals surface area contributed by atoms with E-state index in [9.17, 15) is 9.59 Å². The molecule has 0 aliphatic carbocycles. The highest BCUT2D eigenvalue weighted by molar-refractivity contribution is 5.87. The lowest BCUT2D eigenvalue weighted by Gasteiger charge is -2.26. The molecule has 0 spiro atoms. The Morgan fingerprint density at radius 2 is 1.88 bits per heavy atom. The maximum atomic E-state index is 12.0. The number of hydrogen-bond donors (Lipinski definition) is 2. The summed E-state index contributed by atoms with van der Waals surface area (Å²) in [5.74, 6) is 0.0555. The van der Waals surface area contributed by atoms with Crippen molar-refractivity contribution in [3.05, 3.63) is 0 Å². The highest BCUT2D eigenvalue weighted by atomic mass is 16.2. The summed E-state index contributed by atoms with van der Waals surface area (Å²) in [7, 11) is 4.97. The molecule has 94 valence electrons. The molecule has 0 aromatic carbocycles. The Balaban J connectivity index is 4.44. The van der Waals surface area contributed by atoms with E-state index in [1.807, 2.05) is 13.8 Å². The van der Waals surface area contributed by atoms with Gasteiger partial charge in [0.15, 0.2) is 0 Å². The fraction of sp³-hybridized carbons (Fsp3) is 0.818. The monoisotopic (exact) mass is 229 g/mol. The molecule has 2 atom stereocenters. The number of likely N-dealkylation sites (N-methyl/N-ethyl adjacent to an activating group) is 3. The lowest BCUT2D eigenvalue weighted by atomic mass is 9.98. The van der Waals surface area contributed by atoms with Gasteiger partial charge in [0.1, 0.15) is 0 Å². The largest absolute Gasteiger partial charge is 0.358 e. The van der Waals surface area contributed by atoms with Crippen LogP contribution in [0.5, 0.6) is 0 Å². The Kier molecular flexibility index (Phi) is 6.72. The molecule has 5 heteroatoms. The standard InChI is InChI=1S/C11H23N3O2/c1-6-8(2)10(13-4)11(16)14(5)7-9(15)12-3/h8,10,13H,6-7H2,1-5H3,(H,12,15). The molecule has 0 radical (unpaired) electrons. The molecule has 0 rings (SSSR count). The van der Waals surface area contributed by atoms with Gasteiger partial charge in [-0.1, -0.05) is 20.3 Å². The van der Waals surface area contributed by atoms with Crippen molar-refractivity contribution in [2.45, 2.75) is 26.3 Å². The molecule has 0 aliphatic rings. The van der Waals surface area contributed by atoms with E-state index in [1.165, 1.54) is 4.90 Å². The summed E-state index contributed by atoms with van der Waals surface area (Å²) in [4.78, 5) is 24.6. The molecule has 2 amide bonds. The molecule has 5 nitrogen and oxygen atoms in total. The number of nitrogens with one attached hydrogen (secondary N) is 2. The van der Waals surface area contributed by atoms with Gasteiger partial charge >= 0.3 is 0 Å². The molecule has 0 aromatic heterocycles. The van der Waals surface area contributed by atoms with Crippen molar-refractivity contribution in [3.8, 4) is 0 Å². The second kappa shape index (κ2) is 7.22. The molecule has 0 aromatic rings. The number of hydrogen-bond acceptors (Lipinski definition) is 3. The minimum atomic E-state index is -0.223. The first kappa shape index (κ1) is 14.9. The SMILES string of the molecule is CCC(C)C(NC)C(=O)N(C)CC(=O)NC. The molecule has 0 heterocycles. The molecular weight excluding hydrogens is 206 g/mol. The van der Waals surface area contributed by atoms with E-state index < -0.39 is 0 Å². The molecule has 0 bridgehead atoms. The Bertz CT molecular complexity index is 243. The molecular formula is C11H23N3O2. The zero-order valence-corrected chi connectivity index (χ0v) is 10.8. The highest BCUT2D eigenvalue weighted by Crippen LogP contribution is 2.09. The van der Waals surface area contributed by atoms with Gasteiger partial charge in [-0.25, -0.2) is 0 Å². The van der Waals surface area contributed by atoms with Crippen LogP contribution in [0.3, 0.4) is 0 Å². The topological polar surface area (TPSA) is 61.4 Å². The summed E-state index contributed by atoms with van der Waals surface area (Å²) in [6.07, 6.45) is 0.922. The average molecular weight is 229 g/mol. The maximum Gasteiger partial charge on any atom is 0.240 e. The third-order valence-corrected chi connectivity index (χ3v) is 2.83. The summed E-state index contributed by atoms with van der Waals surface area (Å²) >= 11 is 0. The van der Waals surface area contributed by atoms with Crippen LogP contribution in [0.4, 0.5) is 0 Å². The van der Waals surface area contributed by atoms with E-state index in [-0.39, 0.29) is 30.3 Å². The van der Waals surface area contributed by atoms with Crippen LogP contribution < -0.4 is 10.6 Å². The first-order chi connectivity index (χ1) is 7.47. The highest BCUT2D eigenvalue weighted by Gasteiger charge is 2.25. The van der Waals surface area contributed by atoms with E-state index in [0.717, 1.165) is 6.42 Å². The normalized spacial score (nSPS) is 14.1. The predicted octanol–water partition coefficient (Wildman–Crippen LogP) is -0.175. The summed E-state index contributed by atoms with van der Waals surface area (Å²) in [6, 6.07) is -0.223. The van der Waals surface area contributed by atoms with Gasteiger partial charge in [-0.05, 0) is 13.0 Å². The van der Waals surface area contributed by atoms with E-state index in [2.05, 4.69) is 10.6 Å². The Morgan fingerprint density at radius 1 is 1.31 bits per heavy atom. The van der Waals surface area contributed by atoms with Crippen LogP contribution in [-0.4, -0.2) is 50.4 Å². The van der Waals surface area contributed by atoms with Crippen molar-refractivity contribution in [2.75, 3.05) is 27.7 Å². The van der Waals surface area contributed by atoms with Gasteiger partial charge in [0, 0.05) is 14.1 Å². The smallest absolute Gasteiger partial charge is 0.240 e. The number of rotatable bonds is 6. The summed E-state index contributed by atoms with van der Waals surface area (Å²) in [5, 5.41) is 5.50. The Morgan fingerprint density at radius 3 is 2.25 bits per heavy atom. The maximum absolute atomic E-state index is 12.0. The fourth-order valence-corrected chi connectivity index (χ4v) is 1.50. The van der Waals surface area contributed by atoms with Gasteiger partial charge in [0.25, 0.3) is 0 Å². The number of amides is 2. The lowest BCUT2D eigenvalue weighted by Crippen LogP contribution is -2.49. The van der Waals surface area contributed by atoms with Crippen LogP contribution in [0, 0.1) is 5.92 Å². The van der Waals surface area contributed by atoms with Gasteiger partial charge in [-0.15, -0.1) is 0 Å². The van der Waals surface area contributed by atoms with E-state index in [1.54, 1.807) is 21.1 Å². The predicted molar refractivity (Wildman–Crippen MR) is 64.0 cm³/mol. The van der Waals surface area contributed by atoms with E-state index in [0.29, 0.717) is 0 Å². The third-order valence-electron chi connectivity index (χ3n) is 2.83.